The van der Waals surface area contributed by atoms with E-state index in [4.69, 9.17) is 0 Å². The fraction of sp³-hybridized carbons (Fsp3) is 0.133. The van der Waals surface area contributed by atoms with Crippen molar-refractivity contribution < 1.29 is 9.59 Å². The average molecular weight is 301 g/mol. The zero-order chi connectivity index (χ0) is 15.1. The van der Waals surface area contributed by atoms with Crippen LogP contribution in [0.1, 0.15) is 26.3 Å². The van der Waals surface area contributed by atoms with Crippen LogP contribution < -0.4 is 10.9 Å². The van der Waals surface area contributed by atoms with Gasteiger partial charge < -0.3 is 0 Å². The first-order chi connectivity index (χ1) is 10.2. The normalized spacial score (nSPS) is 9.95. The molecule has 2 rings (SSSR count). The van der Waals surface area contributed by atoms with Gasteiger partial charge in [0.2, 0.25) is 0 Å². The summed E-state index contributed by atoms with van der Waals surface area (Å²) in [6.07, 6.45) is 5.05. The first kappa shape index (κ1) is 15.1. The molecule has 0 bridgehead atoms. The molecule has 0 saturated carbocycles. The number of benzene rings is 1. The number of nitrogens with one attached hydrogen (secondary N) is 2. The maximum absolute atomic E-state index is 11.9. The molecule has 0 aliphatic heterocycles. The summed E-state index contributed by atoms with van der Waals surface area (Å²) >= 11 is 1.72. The van der Waals surface area contributed by atoms with Gasteiger partial charge in [-0.25, -0.2) is 0 Å². The van der Waals surface area contributed by atoms with Crippen molar-refractivity contribution in [2.75, 3.05) is 6.26 Å². The van der Waals surface area contributed by atoms with Crippen LogP contribution in [-0.4, -0.2) is 23.1 Å². The van der Waals surface area contributed by atoms with Gasteiger partial charge in [-0.05, 0) is 36.1 Å². The van der Waals surface area contributed by atoms with Gasteiger partial charge >= 0.3 is 0 Å². The molecule has 5 nitrogen and oxygen atoms in total. The van der Waals surface area contributed by atoms with Gasteiger partial charge in [0.1, 0.15) is 0 Å². The molecule has 6 heteroatoms. The second kappa shape index (κ2) is 7.44. The first-order valence-corrected chi connectivity index (χ1v) is 7.68. The SMILES string of the molecule is CSCc1ccc(C(=O)NNC(=O)c2ccncc2)cc1. The molecule has 0 fully saturated rings. The van der Waals surface area contributed by atoms with Crippen molar-refractivity contribution in [1.82, 2.24) is 15.8 Å². The molecule has 1 aromatic heterocycles. The summed E-state index contributed by atoms with van der Waals surface area (Å²) in [6, 6.07) is 10.4. The zero-order valence-electron chi connectivity index (χ0n) is 11.5. The van der Waals surface area contributed by atoms with Gasteiger partial charge in [-0.15, -0.1) is 0 Å². The van der Waals surface area contributed by atoms with E-state index in [-0.39, 0.29) is 11.8 Å². The Kier molecular flexibility index (Phi) is 5.34. The Hall–Kier alpha value is -2.34. The van der Waals surface area contributed by atoms with Gasteiger partial charge in [-0.1, -0.05) is 12.1 Å². The second-order valence-electron chi connectivity index (χ2n) is 4.27. The molecule has 0 aliphatic rings. The van der Waals surface area contributed by atoms with Gasteiger partial charge in [0.05, 0.1) is 0 Å². The highest BCUT2D eigenvalue weighted by Crippen LogP contribution is 2.10. The quantitative estimate of drug-likeness (QED) is 0.848. The molecule has 2 N–H and O–H groups in total. The van der Waals surface area contributed by atoms with Crippen LogP contribution >= 0.6 is 11.8 Å². The maximum atomic E-state index is 11.9. The predicted octanol–water partition coefficient (Wildman–Crippen LogP) is 2.02. The minimum atomic E-state index is -0.384. The van der Waals surface area contributed by atoms with E-state index >= 15 is 0 Å². The maximum Gasteiger partial charge on any atom is 0.269 e. The highest BCUT2D eigenvalue weighted by atomic mass is 32.2. The number of carbonyl (C=O) groups is 2. The number of pyridine rings is 1. The summed E-state index contributed by atoms with van der Waals surface area (Å²) in [5, 5.41) is 0. The van der Waals surface area contributed by atoms with E-state index < -0.39 is 0 Å². The number of amides is 2. The van der Waals surface area contributed by atoms with Crippen molar-refractivity contribution in [2.24, 2.45) is 0 Å². The van der Waals surface area contributed by atoms with Crippen LogP contribution in [0, 0.1) is 0 Å². The number of rotatable bonds is 4. The Morgan fingerprint density at radius 1 is 0.952 bits per heavy atom. The van der Waals surface area contributed by atoms with Gasteiger partial charge in [0, 0.05) is 29.3 Å². The summed E-state index contributed by atoms with van der Waals surface area (Å²) in [6.45, 7) is 0. The molecule has 0 saturated heterocycles. The average Bonchev–Trinajstić information content (AvgIpc) is 2.54. The van der Waals surface area contributed by atoms with Gasteiger partial charge in [-0.3, -0.25) is 25.4 Å². The van der Waals surface area contributed by atoms with E-state index in [1.54, 1.807) is 36.0 Å². The lowest BCUT2D eigenvalue weighted by molar-refractivity contribution is 0.0846. The van der Waals surface area contributed by atoms with Crippen molar-refractivity contribution in [2.45, 2.75) is 5.75 Å². The van der Waals surface area contributed by atoms with Crippen LogP contribution in [0.15, 0.2) is 48.8 Å². The molecule has 2 amide bonds. The Labute approximate surface area is 127 Å². The number of hydrazine groups is 1. The van der Waals surface area contributed by atoms with Gasteiger partial charge in [-0.2, -0.15) is 11.8 Å². The lowest BCUT2D eigenvalue weighted by Gasteiger charge is -2.07. The molecular weight excluding hydrogens is 286 g/mol. The Morgan fingerprint density at radius 2 is 1.48 bits per heavy atom. The van der Waals surface area contributed by atoms with Crippen molar-refractivity contribution in [3.8, 4) is 0 Å². The number of carbonyl (C=O) groups excluding carboxylic acids is 2. The van der Waals surface area contributed by atoms with Crippen LogP contribution in [0.5, 0.6) is 0 Å². The molecule has 21 heavy (non-hydrogen) atoms. The highest BCUT2D eigenvalue weighted by Gasteiger charge is 2.08. The molecule has 0 spiro atoms. The Bertz CT molecular complexity index is 615. The summed E-state index contributed by atoms with van der Waals surface area (Å²) in [4.78, 5) is 27.5. The van der Waals surface area contributed by atoms with Crippen molar-refractivity contribution in [3.05, 3.63) is 65.5 Å². The highest BCUT2D eigenvalue weighted by molar-refractivity contribution is 7.97. The number of thioether (sulfide) groups is 1. The van der Waals surface area contributed by atoms with Crippen LogP contribution in [0.25, 0.3) is 0 Å². The Morgan fingerprint density at radius 3 is 2.00 bits per heavy atom. The fourth-order valence-electron chi connectivity index (χ4n) is 1.68. The largest absolute Gasteiger partial charge is 0.269 e. The number of hydrogen-bond donors (Lipinski definition) is 2. The number of hydrogen-bond acceptors (Lipinski definition) is 4. The number of nitrogens with zero attached hydrogens (tertiary/aromatic N) is 1. The first-order valence-electron chi connectivity index (χ1n) is 6.29. The van der Waals surface area contributed by atoms with E-state index in [1.807, 2.05) is 18.4 Å². The van der Waals surface area contributed by atoms with Gasteiger partial charge in [0.25, 0.3) is 11.8 Å². The fourth-order valence-corrected chi connectivity index (χ4v) is 2.21. The van der Waals surface area contributed by atoms with Crippen LogP contribution in [0.4, 0.5) is 0 Å². The third kappa shape index (κ3) is 4.32. The summed E-state index contributed by atoms with van der Waals surface area (Å²) < 4.78 is 0. The summed E-state index contributed by atoms with van der Waals surface area (Å²) in [5.74, 6) is 0.165. The van der Waals surface area contributed by atoms with Crippen molar-refractivity contribution >= 4 is 23.6 Å². The van der Waals surface area contributed by atoms with E-state index in [0.717, 1.165) is 11.3 Å². The van der Waals surface area contributed by atoms with Crippen molar-refractivity contribution in [3.63, 3.8) is 0 Å². The standard InChI is InChI=1S/C15H15N3O2S/c1-21-10-11-2-4-12(5-3-11)14(19)17-18-15(20)13-6-8-16-9-7-13/h2-9H,10H2,1H3,(H,17,19)(H,18,20). The third-order valence-corrected chi connectivity index (χ3v) is 3.38. The molecule has 2 aromatic rings. The predicted molar refractivity (Wildman–Crippen MR) is 82.8 cm³/mol. The summed E-state index contributed by atoms with van der Waals surface area (Å²) in [7, 11) is 0. The third-order valence-electron chi connectivity index (χ3n) is 2.76. The van der Waals surface area contributed by atoms with E-state index in [1.165, 1.54) is 12.4 Å². The molecule has 1 aromatic carbocycles. The molecule has 108 valence electrons. The molecule has 0 radical (unpaired) electrons. The minimum absolute atomic E-state index is 0.354. The van der Waals surface area contributed by atoms with Gasteiger partial charge in [0.15, 0.2) is 0 Å². The monoisotopic (exact) mass is 301 g/mol. The van der Waals surface area contributed by atoms with Crippen LogP contribution in [0.2, 0.25) is 0 Å². The van der Waals surface area contributed by atoms with Crippen molar-refractivity contribution in [1.29, 1.82) is 0 Å². The lowest BCUT2D eigenvalue weighted by atomic mass is 10.1. The zero-order valence-corrected chi connectivity index (χ0v) is 12.3. The summed E-state index contributed by atoms with van der Waals surface area (Å²) in [5.41, 5.74) is 6.83. The lowest BCUT2D eigenvalue weighted by Crippen LogP contribution is -2.41. The number of aromatic nitrogens is 1. The molecule has 0 unspecified atom stereocenters. The van der Waals surface area contributed by atoms with Crippen LogP contribution in [-0.2, 0) is 5.75 Å². The Balaban J connectivity index is 1.91. The van der Waals surface area contributed by atoms with E-state index in [2.05, 4.69) is 15.8 Å². The smallest absolute Gasteiger partial charge is 0.267 e. The molecule has 0 aliphatic carbocycles. The molecular formula is C15H15N3O2S. The second-order valence-corrected chi connectivity index (χ2v) is 5.14. The van der Waals surface area contributed by atoms with Crippen LogP contribution in [0.3, 0.4) is 0 Å². The van der Waals surface area contributed by atoms with E-state index in [0.29, 0.717) is 11.1 Å². The molecule has 0 atom stereocenters. The minimum Gasteiger partial charge on any atom is -0.267 e. The topological polar surface area (TPSA) is 71.1 Å². The van der Waals surface area contributed by atoms with E-state index in [9.17, 15) is 9.59 Å². The molecule has 1 heterocycles.